The van der Waals surface area contributed by atoms with Crippen LogP contribution in [0.2, 0.25) is 5.02 Å². The van der Waals surface area contributed by atoms with E-state index in [0.717, 1.165) is 11.1 Å². The minimum atomic E-state index is -2.74. The summed E-state index contributed by atoms with van der Waals surface area (Å²) in [5.74, 6) is 0.237. The number of benzene rings is 2. The maximum atomic E-state index is 13.6. The van der Waals surface area contributed by atoms with Crippen LogP contribution in [-0.4, -0.2) is 29.3 Å². The van der Waals surface area contributed by atoms with Gasteiger partial charge in [0.25, 0.3) is 6.43 Å². The number of rotatable bonds is 3. The number of hydrogen-bond donors (Lipinski definition) is 3. The molecule has 8 heteroatoms. The van der Waals surface area contributed by atoms with Crippen LogP contribution in [0.5, 0.6) is 5.75 Å². The number of anilines is 1. The fourth-order valence-corrected chi connectivity index (χ4v) is 4.18. The number of aliphatic hydroxyl groups is 1. The van der Waals surface area contributed by atoms with Crippen LogP contribution in [0.3, 0.4) is 0 Å². The molecule has 0 radical (unpaired) electrons. The fourth-order valence-electron chi connectivity index (χ4n) is 4.02. The molecule has 2 aromatic rings. The highest BCUT2D eigenvalue weighted by atomic mass is 35.5. The van der Waals surface area contributed by atoms with E-state index in [2.05, 4.69) is 10.6 Å². The molecule has 3 N–H and O–H groups in total. The van der Waals surface area contributed by atoms with Gasteiger partial charge in [-0.3, -0.25) is 0 Å². The zero-order chi connectivity index (χ0) is 20.8. The van der Waals surface area contributed by atoms with Gasteiger partial charge in [0.1, 0.15) is 5.75 Å². The summed E-state index contributed by atoms with van der Waals surface area (Å²) in [4.78, 5) is 12.7. The van der Waals surface area contributed by atoms with Crippen LogP contribution in [0.15, 0.2) is 36.4 Å². The molecule has 0 saturated carbocycles. The van der Waals surface area contributed by atoms with Gasteiger partial charge in [-0.05, 0) is 42.7 Å². The van der Waals surface area contributed by atoms with Gasteiger partial charge in [0.2, 0.25) is 0 Å². The third-order valence-electron chi connectivity index (χ3n) is 5.49. The molecule has 2 amide bonds. The van der Waals surface area contributed by atoms with Gasteiger partial charge in [0, 0.05) is 29.1 Å². The van der Waals surface area contributed by atoms with E-state index in [1.54, 1.807) is 18.2 Å². The average molecular weight is 423 g/mol. The number of nitrogens with one attached hydrogen (secondary N) is 2. The summed E-state index contributed by atoms with van der Waals surface area (Å²) in [6.45, 7) is 1.32. The Morgan fingerprint density at radius 3 is 2.86 bits per heavy atom. The molecule has 0 fully saturated rings. The number of carbonyl (C=O) groups excluding carboxylic acids is 1. The average Bonchev–Trinajstić information content (AvgIpc) is 3.02. The third kappa shape index (κ3) is 3.89. The van der Waals surface area contributed by atoms with E-state index in [-0.39, 0.29) is 12.2 Å². The predicted molar refractivity (Wildman–Crippen MR) is 106 cm³/mol. The Hall–Kier alpha value is -2.38. The largest absolute Gasteiger partial charge is 0.481 e. The lowest BCUT2D eigenvalue weighted by Gasteiger charge is -2.39. The first-order chi connectivity index (χ1) is 13.7. The molecule has 4 rings (SSSR count). The summed E-state index contributed by atoms with van der Waals surface area (Å²) in [6.07, 6.45) is -2.27. The number of urea groups is 1. The molecule has 0 bridgehead atoms. The number of hydrogen-bond acceptors (Lipinski definition) is 3. The number of ether oxygens (including phenoxy) is 1. The molecule has 2 aliphatic rings. The van der Waals surface area contributed by atoms with Crippen molar-refractivity contribution < 1.29 is 23.4 Å². The Bertz CT molecular complexity index is 956. The zero-order valence-electron chi connectivity index (χ0n) is 15.7. The van der Waals surface area contributed by atoms with Crippen molar-refractivity contribution in [1.29, 1.82) is 0 Å². The summed E-state index contributed by atoms with van der Waals surface area (Å²) in [7, 11) is 0. The number of carbonyl (C=O) groups is 1. The lowest BCUT2D eigenvalue weighted by atomic mass is 9.88. The quantitative estimate of drug-likeness (QED) is 0.683. The van der Waals surface area contributed by atoms with E-state index in [9.17, 15) is 18.7 Å². The second kappa shape index (κ2) is 7.46. The highest BCUT2D eigenvalue weighted by molar-refractivity contribution is 6.30. The van der Waals surface area contributed by atoms with Crippen molar-refractivity contribution in [1.82, 2.24) is 5.32 Å². The summed E-state index contributed by atoms with van der Waals surface area (Å²) in [5.41, 5.74) is 1.35. The Morgan fingerprint density at radius 2 is 2.10 bits per heavy atom. The van der Waals surface area contributed by atoms with Crippen LogP contribution in [0.1, 0.15) is 36.1 Å². The first kappa shape index (κ1) is 19.9. The van der Waals surface area contributed by atoms with Crippen LogP contribution in [-0.2, 0) is 12.8 Å². The molecule has 5 nitrogen and oxygen atoms in total. The van der Waals surface area contributed by atoms with E-state index in [4.69, 9.17) is 16.3 Å². The van der Waals surface area contributed by atoms with Crippen molar-refractivity contribution in [2.45, 2.75) is 50.4 Å². The van der Waals surface area contributed by atoms with Gasteiger partial charge in [0.05, 0.1) is 12.1 Å². The van der Waals surface area contributed by atoms with Gasteiger partial charge < -0.3 is 20.5 Å². The topological polar surface area (TPSA) is 70.6 Å². The van der Waals surface area contributed by atoms with E-state index in [0.29, 0.717) is 29.1 Å². The van der Waals surface area contributed by atoms with Crippen molar-refractivity contribution >= 4 is 23.3 Å². The standard InChI is InChI=1S/C21H21ClF2N2O3/c1-21(19(23)24)10-17(14-6-5-12(22)8-18(14)29-21)26-20(28)25-16-4-2-3-11-7-13(27)9-15(11)16/h2-6,8,13,17,19,27H,7,9-10H2,1H3,(H2,25,26,28)/t13-,17-,21+/m1/s1. The summed E-state index contributed by atoms with van der Waals surface area (Å²) in [5, 5.41) is 15.8. The Balaban J connectivity index is 1.56. The van der Waals surface area contributed by atoms with Crippen LogP contribution >= 0.6 is 11.6 Å². The first-order valence-electron chi connectivity index (χ1n) is 9.38. The van der Waals surface area contributed by atoms with Crippen LogP contribution in [0.4, 0.5) is 19.3 Å². The van der Waals surface area contributed by atoms with Crippen molar-refractivity contribution in [2.75, 3.05) is 5.32 Å². The molecule has 1 aliphatic heterocycles. The maximum Gasteiger partial charge on any atom is 0.319 e. The van der Waals surface area contributed by atoms with Gasteiger partial charge in [-0.1, -0.05) is 29.8 Å². The fraction of sp³-hybridized carbons (Fsp3) is 0.381. The summed E-state index contributed by atoms with van der Waals surface area (Å²) >= 11 is 5.99. The molecule has 1 heterocycles. The predicted octanol–water partition coefficient (Wildman–Crippen LogP) is 4.47. The molecule has 0 spiro atoms. The molecular weight excluding hydrogens is 402 g/mol. The lowest BCUT2D eigenvalue weighted by molar-refractivity contribution is -0.0824. The van der Waals surface area contributed by atoms with Crippen molar-refractivity contribution in [3.63, 3.8) is 0 Å². The molecule has 3 atom stereocenters. The van der Waals surface area contributed by atoms with Crippen LogP contribution in [0, 0.1) is 0 Å². The Kier molecular flexibility index (Phi) is 5.12. The van der Waals surface area contributed by atoms with E-state index < -0.39 is 30.2 Å². The molecule has 29 heavy (non-hydrogen) atoms. The first-order valence-corrected chi connectivity index (χ1v) is 9.76. The number of halogens is 3. The molecule has 1 aliphatic carbocycles. The van der Waals surface area contributed by atoms with Crippen LogP contribution < -0.4 is 15.4 Å². The highest BCUT2D eigenvalue weighted by Crippen LogP contribution is 2.43. The molecular formula is C21H21ClF2N2O3. The third-order valence-corrected chi connectivity index (χ3v) is 5.72. The van der Waals surface area contributed by atoms with Gasteiger partial charge in [-0.2, -0.15) is 0 Å². The normalized spacial score (nSPS) is 25.2. The van der Waals surface area contributed by atoms with Crippen molar-refractivity contribution in [3.8, 4) is 5.75 Å². The molecule has 0 saturated heterocycles. The minimum Gasteiger partial charge on any atom is -0.481 e. The van der Waals surface area contributed by atoms with Crippen LogP contribution in [0.25, 0.3) is 0 Å². The second-order valence-electron chi connectivity index (χ2n) is 7.76. The Morgan fingerprint density at radius 1 is 1.31 bits per heavy atom. The highest BCUT2D eigenvalue weighted by Gasteiger charge is 2.45. The number of aliphatic hydroxyl groups excluding tert-OH is 1. The summed E-state index contributed by atoms with van der Waals surface area (Å²) < 4.78 is 32.8. The number of fused-ring (bicyclic) bond motifs is 2. The van der Waals surface area contributed by atoms with Gasteiger partial charge >= 0.3 is 6.03 Å². The number of alkyl halides is 2. The summed E-state index contributed by atoms with van der Waals surface area (Å²) in [6, 6.07) is 9.10. The van der Waals surface area contributed by atoms with Crippen molar-refractivity contribution in [3.05, 3.63) is 58.1 Å². The van der Waals surface area contributed by atoms with Gasteiger partial charge in [-0.15, -0.1) is 0 Å². The molecule has 154 valence electrons. The monoisotopic (exact) mass is 422 g/mol. The van der Waals surface area contributed by atoms with E-state index in [1.165, 1.54) is 13.0 Å². The van der Waals surface area contributed by atoms with E-state index in [1.807, 2.05) is 12.1 Å². The number of amides is 2. The van der Waals surface area contributed by atoms with Gasteiger partial charge in [0.15, 0.2) is 5.60 Å². The SMILES string of the molecule is C[C@@]1(C(F)F)C[C@@H](NC(=O)Nc2cccc3c2C[C@H](O)C3)c2ccc(Cl)cc2O1. The van der Waals surface area contributed by atoms with Gasteiger partial charge in [-0.25, -0.2) is 13.6 Å². The molecule has 0 unspecified atom stereocenters. The lowest BCUT2D eigenvalue weighted by Crippen LogP contribution is -2.48. The maximum absolute atomic E-state index is 13.6. The minimum absolute atomic E-state index is 0.0850. The zero-order valence-corrected chi connectivity index (χ0v) is 16.5. The second-order valence-corrected chi connectivity index (χ2v) is 8.19. The smallest absolute Gasteiger partial charge is 0.319 e. The molecule has 0 aromatic heterocycles. The van der Waals surface area contributed by atoms with E-state index >= 15 is 0 Å². The Labute approximate surface area is 172 Å². The molecule has 2 aromatic carbocycles. The van der Waals surface area contributed by atoms with Crippen molar-refractivity contribution in [2.24, 2.45) is 0 Å².